The van der Waals surface area contributed by atoms with Gasteiger partial charge in [-0.05, 0) is 24.6 Å². The number of nitrogens with zero attached hydrogens (tertiary/aromatic N) is 1. The van der Waals surface area contributed by atoms with Crippen LogP contribution in [-0.2, 0) is 14.8 Å². The van der Waals surface area contributed by atoms with Crippen LogP contribution in [0.15, 0.2) is 21.5 Å². The Morgan fingerprint density at radius 2 is 1.95 bits per heavy atom. The molecule has 6 nitrogen and oxygen atoms in total. The smallest absolute Gasteiger partial charge is 0.335 e. The Balaban J connectivity index is 2.52. The number of carboxylic acids is 1. The van der Waals surface area contributed by atoms with E-state index in [1.165, 1.54) is 16.4 Å². The average Bonchev–Trinajstić information content (AvgIpc) is 2.42. The van der Waals surface area contributed by atoms with Gasteiger partial charge in [0.2, 0.25) is 10.0 Å². The van der Waals surface area contributed by atoms with E-state index in [1.807, 2.05) is 0 Å². The molecule has 0 bridgehead atoms. The molecule has 0 aromatic heterocycles. The van der Waals surface area contributed by atoms with E-state index in [2.05, 4.69) is 15.9 Å². The van der Waals surface area contributed by atoms with Crippen LogP contribution in [0, 0.1) is 6.92 Å². The minimum absolute atomic E-state index is 0.0196. The standard InChI is InChI=1S/C12H14BrNO5S/c1-8-10(13)6-9(12(15)16)7-11(8)20(17,18)14-2-4-19-5-3-14/h6-7H,2-5H2,1H3,(H,15,16). The van der Waals surface area contributed by atoms with Crippen molar-refractivity contribution in [2.75, 3.05) is 26.3 Å². The monoisotopic (exact) mass is 363 g/mol. The van der Waals surface area contributed by atoms with Gasteiger partial charge >= 0.3 is 5.97 Å². The van der Waals surface area contributed by atoms with E-state index in [-0.39, 0.29) is 23.5 Å². The highest BCUT2D eigenvalue weighted by Crippen LogP contribution is 2.28. The van der Waals surface area contributed by atoms with Gasteiger partial charge in [-0.25, -0.2) is 13.2 Å². The molecule has 1 aromatic carbocycles. The summed E-state index contributed by atoms with van der Waals surface area (Å²) in [5.74, 6) is -1.16. The first-order valence-corrected chi connectivity index (χ1v) is 8.18. The van der Waals surface area contributed by atoms with E-state index in [4.69, 9.17) is 9.84 Å². The van der Waals surface area contributed by atoms with E-state index in [0.29, 0.717) is 23.2 Å². The van der Waals surface area contributed by atoms with Gasteiger partial charge in [-0.2, -0.15) is 4.31 Å². The molecule has 0 spiro atoms. The zero-order valence-electron chi connectivity index (χ0n) is 10.8. The molecule has 20 heavy (non-hydrogen) atoms. The van der Waals surface area contributed by atoms with Crippen molar-refractivity contribution in [3.05, 3.63) is 27.7 Å². The van der Waals surface area contributed by atoms with Crippen LogP contribution in [0.25, 0.3) is 0 Å². The van der Waals surface area contributed by atoms with Crippen molar-refractivity contribution in [2.45, 2.75) is 11.8 Å². The number of carbonyl (C=O) groups is 1. The van der Waals surface area contributed by atoms with Gasteiger partial charge in [-0.1, -0.05) is 15.9 Å². The lowest BCUT2D eigenvalue weighted by molar-refractivity contribution is 0.0696. The van der Waals surface area contributed by atoms with Crippen molar-refractivity contribution in [2.24, 2.45) is 0 Å². The lowest BCUT2D eigenvalue weighted by atomic mass is 10.1. The van der Waals surface area contributed by atoms with Crippen LogP contribution in [0.3, 0.4) is 0 Å². The van der Waals surface area contributed by atoms with Crippen LogP contribution in [0.5, 0.6) is 0 Å². The molecule has 1 aliphatic heterocycles. The second-order valence-electron chi connectivity index (χ2n) is 4.40. The first kappa shape index (κ1) is 15.4. The maximum absolute atomic E-state index is 12.6. The number of morpholine rings is 1. The van der Waals surface area contributed by atoms with Gasteiger partial charge in [0.1, 0.15) is 0 Å². The Labute approximate surface area is 125 Å². The molecule has 0 unspecified atom stereocenters. The fraction of sp³-hybridized carbons (Fsp3) is 0.417. The molecule has 1 N–H and O–H groups in total. The number of rotatable bonds is 3. The van der Waals surface area contributed by atoms with Crippen LogP contribution in [0.2, 0.25) is 0 Å². The number of aromatic carboxylic acids is 1. The van der Waals surface area contributed by atoms with Gasteiger partial charge in [-0.3, -0.25) is 0 Å². The summed E-state index contributed by atoms with van der Waals surface area (Å²) in [4.78, 5) is 11.1. The van der Waals surface area contributed by atoms with Crippen LogP contribution < -0.4 is 0 Å². The lowest BCUT2D eigenvalue weighted by Gasteiger charge is -2.27. The highest BCUT2D eigenvalue weighted by atomic mass is 79.9. The van der Waals surface area contributed by atoms with Crippen molar-refractivity contribution in [3.8, 4) is 0 Å². The van der Waals surface area contributed by atoms with Gasteiger partial charge in [0.25, 0.3) is 0 Å². The fourth-order valence-corrected chi connectivity index (χ4v) is 4.24. The number of sulfonamides is 1. The highest BCUT2D eigenvalue weighted by Gasteiger charge is 2.29. The summed E-state index contributed by atoms with van der Waals surface area (Å²) in [7, 11) is -3.71. The summed E-state index contributed by atoms with van der Waals surface area (Å²) < 4.78 is 32.1. The number of hydrogen-bond acceptors (Lipinski definition) is 4. The topological polar surface area (TPSA) is 83.9 Å². The predicted octanol–water partition coefficient (Wildman–Crippen LogP) is 1.48. The number of carboxylic acid groups (broad SMARTS) is 1. The number of halogens is 1. The first-order valence-electron chi connectivity index (χ1n) is 5.95. The molecule has 1 aliphatic rings. The van der Waals surface area contributed by atoms with Gasteiger partial charge in [-0.15, -0.1) is 0 Å². The van der Waals surface area contributed by atoms with Crippen molar-refractivity contribution in [1.82, 2.24) is 4.31 Å². The first-order chi connectivity index (χ1) is 9.34. The van der Waals surface area contributed by atoms with Crippen molar-refractivity contribution >= 4 is 31.9 Å². The molecule has 1 aromatic rings. The number of hydrogen-bond donors (Lipinski definition) is 1. The zero-order chi connectivity index (χ0) is 14.9. The summed E-state index contributed by atoms with van der Waals surface area (Å²) in [5.41, 5.74) is 0.441. The summed E-state index contributed by atoms with van der Waals surface area (Å²) in [5, 5.41) is 9.05. The largest absolute Gasteiger partial charge is 0.478 e. The fourth-order valence-electron chi connectivity index (χ4n) is 1.97. The second kappa shape index (κ2) is 5.80. The van der Waals surface area contributed by atoms with Crippen LogP contribution in [0.4, 0.5) is 0 Å². The normalized spacial score (nSPS) is 17.1. The zero-order valence-corrected chi connectivity index (χ0v) is 13.2. The molecule has 1 saturated heterocycles. The molecule has 0 amide bonds. The average molecular weight is 364 g/mol. The minimum Gasteiger partial charge on any atom is -0.478 e. The van der Waals surface area contributed by atoms with E-state index in [1.54, 1.807) is 6.92 Å². The molecule has 0 aliphatic carbocycles. The van der Waals surface area contributed by atoms with Gasteiger partial charge in [0.05, 0.1) is 23.7 Å². The van der Waals surface area contributed by atoms with Crippen molar-refractivity contribution < 1.29 is 23.1 Å². The third-order valence-electron chi connectivity index (χ3n) is 3.13. The quantitative estimate of drug-likeness (QED) is 0.878. The molecular formula is C12H14BrNO5S. The summed E-state index contributed by atoms with van der Waals surface area (Å²) in [6, 6.07) is 2.60. The molecule has 0 atom stereocenters. The molecule has 110 valence electrons. The van der Waals surface area contributed by atoms with E-state index in [9.17, 15) is 13.2 Å². The van der Waals surface area contributed by atoms with E-state index >= 15 is 0 Å². The Bertz CT molecular complexity index is 637. The predicted molar refractivity (Wildman–Crippen MR) is 75.4 cm³/mol. The third kappa shape index (κ3) is 2.88. The number of ether oxygens (including phenoxy) is 1. The van der Waals surface area contributed by atoms with Crippen molar-refractivity contribution in [1.29, 1.82) is 0 Å². The van der Waals surface area contributed by atoms with E-state index in [0.717, 1.165) is 0 Å². The van der Waals surface area contributed by atoms with Crippen molar-refractivity contribution in [3.63, 3.8) is 0 Å². The molecule has 1 fully saturated rings. The summed E-state index contributed by atoms with van der Waals surface area (Å²) in [6.45, 7) is 2.88. The van der Waals surface area contributed by atoms with Crippen LogP contribution in [0.1, 0.15) is 15.9 Å². The van der Waals surface area contributed by atoms with Gasteiger partial charge in [0.15, 0.2) is 0 Å². The Morgan fingerprint density at radius 1 is 1.35 bits per heavy atom. The molecular weight excluding hydrogens is 350 g/mol. The van der Waals surface area contributed by atoms with Crippen LogP contribution >= 0.6 is 15.9 Å². The second-order valence-corrected chi connectivity index (χ2v) is 7.16. The minimum atomic E-state index is -3.71. The van der Waals surface area contributed by atoms with Gasteiger partial charge < -0.3 is 9.84 Å². The van der Waals surface area contributed by atoms with Gasteiger partial charge in [0, 0.05) is 17.6 Å². The number of benzene rings is 1. The maximum atomic E-state index is 12.6. The molecule has 2 rings (SSSR count). The lowest BCUT2D eigenvalue weighted by Crippen LogP contribution is -2.40. The Kier molecular flexibility index (Phi) is 4.48. The van der Waals surface area contributed by atoms with Crippen LogP contribution in [-0.4, -0.2) is 50.1 Å². The third-order valence-corrected chi connectivity index (χ3v) is 5.98. The molecule has 8 heteroatoms. The summed E-state index contributed by atoms with van der Waals surface area (Å²) in [6.07, 6.45) is 0. The Hall–Kier alpha value is -0.960. The Morgan fingerprint density at radius 3 is 2.50 bits per heavy atom. The van der Waals surface area contributed by atoms with E-state index < -0.39 is 16.0 Å². The summed E-state index contributed by atoms with van der Waals surface area (Å²) >= 11 is 3.21. The molecule has 0 radical (unpaired) electrons. The maximum Gasteiger partial charge on any atom is 0.335 e. The SMILES string of the molecule is Cc1c(Br)cc(C(=O)O)cc1S(=O)(=O)N1CCOCC1. The molecule has 0 saturated carbocycles. The molecule has 1 heterocycles. The highest BCUT2D eigenvalue weighted by molar-refractivity contribution is 9.10.